The summed E-state index contributed by atoms with van der Waals surface area (Å²) >= 11 is 6.11. The Labute approximate surface area is 186 Å². The van der Waals surface area contributed by atoms with Crippen LogP contribution in [-0.4, -0.2) is 25.5 Å². The van der Waals surface area contributed by atoms with Crippen molar-refractivity contribution in [2.24, 2.45) is 29.1 Å². The monoisotopic (exact) mass is 429 g/mol. The van der Waals surface area contributed by atoms with Gasteiger partial charge in [0.2, 0.25) is 0 Å². The fraction of sp³-hybridized carbons (Fsp3) is 0.600. The minimum absolute atomic E-state index is 0.113. The van der Waals surface area contributed by atoms with Crippen LogP contribution in [0, 0.1) is 29.1 Å². The molecule has 4 atom stereocenters. The number of hydrogen-bond acceptors (Lipinski definition) is 3. The zero-order valence-corrected chi connectivity index (χ0v) is 19.9. The van der Waals surface area contributed by atoms with Gasteiger partial charge in [0.15, 0.2) is 0 Å². The third kappa shape index (κ3) is 4.81. The predicted octanol–water partition coefficient (Wildman–Crippen LogP) is 6.42. The summed E-state index contributed by atoms with van der Waals surface area (Å²) in [7, 11) is 0. The largest absolute Gasteiger partial charge is 0.389 e. The van der Waals surface area contributed by atoms with E-state index in [1.165, 1.54) is 6.42 Å². The molecule has 0 aliphatic heterocycles. The third-order valence-electron chi connectivity index (χ3n) is 6.62. The fourth-order valence-electron chi connectivity index (χ4n) is 5.57. The van der Waals surface area contributed by atoms with Gasteiger partial charge in [-0.3, -0.25) is 0 Å². The molecule has 0 bridgehead atoms. The molecule has 0 radical (unpaired) electrons. The number of hydrogen-bond donors (Lipinski definition) is 1. The van der Waals surface area contributed by atoms with E-state index in [-0.39, 0.29) is 17.3 Å². The van der Waals surface area contributed by atoms with Gasteiger partial charge < -0.3 is 5.11 Å². The van der Waals surface area contributed by atoms with Crippen molar-refractivity contribution in [2.75, 3.05) is 0 Å². The van der Waals surface area contributed by atoms with Crippen LogP contribution in [0.2, 0.25) is 5.02 Å². The highest BCUT2D eigenvalue weighted by atomic mass is 35.5. The van der Waals surface area contributed by atoms with Crippen molar-refractivity contribution in [3.8, 4) is 0 Å². The summed E-state index contributed by atoms with van der Waals surface area (Å²) in [5.41, 5.74) is 1.01. The maximum atomic E-state index is 12.4. The van der Waals surface area contributed by atoms with E-state index in [1.807, 2.05) is 28.9 Å². The first-order valence-corrected chi connectivity index (χ1v) is 11.4. The molecular weight excluding hydrogens is 394 g/mol. The first kappa shape index (κ1) is 23.0. The summed E-state index contributed by atoms with van der Waals surface area (Å²) in [6.07, 6.45) is 8.44. The van der Waals surface area contributed by atoms with E-state index in [0.29, 0.717) is 16.9 Å². The van der Waals surface area contributed by atoms with E-state index in [1.54, 1.807) is 12.7 Å². The number of nitrogens with zero attached hydrogens (tertiary/aromatic N) is 3. The number of benzene rings is 1. The minimum atomic E-state index is -0.825. The lowest BCUT2D eigenvalue weighted by atomic mass is 9.56. The van der Waals surface area contributed by atoms with Crippen LogP contribution in [0.3, 0.4) is 0 Å². The predicted molar refractivity (Wildman–Crippen MR) is 125 cm³/mol. The van der Waals surface area contributed by atoms with E-state index in [9.17, 15) is 5.11 Å². The summed E-state index contributed by atoms with van der Waals surface area (Å²) in [5, 5.41) is 17.6. The molecule has 1 aromatic heterocycles. The van der Waals surface area contributed by atoms with Crippen molar-refractivity contribution in [3.05, 3.63) is 47.5 Å². The van der Waals surface area contributed by atoms with Gasteiger partial charge in [0, 0.05) is 10.9 Å². The Hall–Kier alpha value is -1.65. The Morgan fingerprint density at radius 3 is 2.43 bits per heavy atom. The Balaban J connectivity index is 2.20. The van der Waals surface area contributed by atoms with E-state index in [0.717, 1.165) is 24.1 Å². The molecule has 164 valence electrons. The van der Waals surface area contributed by atoms with Crippen LogP contribution in [0.25, 0.3) is 11.8 Å². The van der Waals surface area contributed by atoms with Crippen LogP contribution in [0.15, 0.2) is 36.9 Å². The molecule has 1 aromatic carbocycles. The van der Waals surface area contributed by atoms with Crippen LogP contribution in [-0.2, 0) is 0 Å². The van der Waals surface area contributed by atoms with Crippen LogP contribution < -0.4 is 0 Å². The van der Waals surface area contributed by atoms with Gasteiger partial charge in [-0.1, -0.05) is 71.7 Å². The van der Waals surface area contributed by atoms with Crippen molar-refractivity contribution in [3.63, 3.8) is 0 Å². The first-order valence-electron chi connectivity index (χ1n) is 11.1. The maximum Gasteiger partial charge on any atom is 0.138 e. The molecule has 5 heteroatoms. The second-order valence-electron chi connectivity index (χ2n) is 10.5. The lowest BCUT2D eigenvalue weighted by molar-refractivity contribution is -0.131. The Morgan fingerprint density at radius 1 is 1.23 bits per heavy atom. The molecule has 4 nitrogen and oxygen atoms in total. The van der Waals surface area contributed by atoms with Crippen LogP contribution >= 0.6 is 11.6 Å². The minimum Gasteiger partial charge on any atom is -0.389 e. The molecule has 0 spiro atoms. The number of halogens is 1. The SMILES string of the molecule is CC1CCC(C(C)C)C(O)(C(/C(=C\c2ccc(Cl)cc2)n2cncn2)C(C)(C)C)C1. The van der Waals surface area contributed by atoms with E-state index in [2.05, 4.69) is 57.7 Å². The van der Waals surface area contributed by atoms with E-state index >= 15 is 0 Å². The molecule has 1 aliphatic rings. The van der Waals surface area contributed by atoms with Crippen molar-refractivity contribution in [2.45, 2.75) is 66.4 Å². The maximum absolute atomic E-state index is 12.4. The zero-order valence-electron chi connectivity index (χ0n) is 19.1. The van der Waals surface area contributed by atoms with Gasteiger partial charge >= 0.3 is 0 Å². The highest BCUT2D eigenvalue weighted by Crippen LogP contribution is 2.53. The molecule has 2 aromatic rings. The quantitative estimate of drug-likeness (QED) is 0.596. The Bertz CT molecular complexity index is 852. The van der Waals surface area contributed by atoms with Gasteiger partial charge in [-0.2, -0.15) is 5.10 Å². The molecule has 4 unspecified atom stereocenters. The molecule has 1 aliphatic carbocycles. The molecule has 0 amide bonds. The van der Waals surface area contributed by atoms with E-state index in [4.69, 9.17) is 11.6 Å². The third-order valence-corrected chi connectivity index (χ3v) is 6.87. The summed E-state index contributed by atoms with van der Waals surface area (Å²) in [6, 6.07) is 7.80. The molecule has 1 N–H and O–H groups in total. The van der Waals surface area contributed by atoms with Gasteiger partial charge in [-0.05, 0) is 59.8 Å². The molecular formula is C25H36ClN3O. The van der Waals surface area contributed by atoms with Crippen LogP contribution in [0.5, 0.6) is 0 Å². The molecule has 3 rings (SSSR count). The molecule has 1 heterocycles. The smallest absolute Gasteiger partial charge is 0.138 e. The summed E-state index contributed by atoms with van der Waals surface area (Å²) < 4.78 is 1.83. The Morgan fingerprint density at radius 2 is 1.90 bits per heavy atom. The van der Waals surface area contributed by atoms with Crippen molar-refractivity contribution >= 4 is 23.4 Å². The summed E-state index contributed by atoms with van der Waals surface area (Å²) in [6.45, 7) is 13.4. The van der Waals surface area contributed by atoms with Crippen molar-refractivity contribution in [1.82, 2.24) is 14.8 Å². The summed E-state index contributed by atoms with van der Waals surface area (Å²) in [5.74, 6) is 1.01. The zero-order chi connectivity index (χ0) is 22.1. The standard InChI is InChI=1S/C25H36ClN3O/c1-17(2)21-12-7-18(3)14-25(21,30)23(24(4,5)6)22(29-16-27-15-28-29)13-19-8-10-20(26)11-9-19/h8-11,13,15-18,21,23,30H,7,12,14H2,1-6H3/b22-13+. The molecule has 0 saturated heterocycles. The van der Waals surface area contributed by atoms with E-state index < -0.39 is 5.60 Å². The van der Waals surface area contributed by atoms with Gasteiger partial charge in [-0.25, -0.2) is 9.67 Å². The van der Waals surface area contributed by atoms with Crippen LogP contribution in [0.1, 0.15) is 66.4 Å². The lowest BCUT2D eigenvalue weighted by Gasteiger charge is -2.53. The van der Waals surface area contributed by atoms with Crippen molar-refractivity contribution < 1.29 is 5.11 Å². The first-order chi connectivity index (χ1) is 14.0. The molecule has 30 heavy (non-hydrogen) atoms. The number of aromatic nitrogens is 3. The van der Waals surface area contributed by atoms with Gasteiger partial charge in [0.1, 0.15) is 12.7 Å². The highest BCUT2D eigenvalue weighted by molar-refractivity contribution is 6.30. The average molecular weight is 430 g/mol. The van der Waals surface area contributed by atoms with Gasteiger partial charge in [0.25, 0.3) is 0 Å². The summed E-state index contributed by atoms with van der Waals surface area (Å²) in [4.78, 5) is 4.21. The van der Waals surface area contributed by atoms with Gasteiger partial charge in [-0.15, -0.1) is 0 Å². The molecule has 1 saturated carbocycles. The lowest BCUT2D eigenvalue weighted by Crippen LogP contribution is -2.55. The van der Waals surface area contributed by atoms with Crippen LogP contribution in [0.4, 0.5) is 0 Å². The van der Waals surface area contributed by atoms with Gasteiger partial charge in [0.05, 0.1) is 11.3 Å². The second-order valence-corrected chi connectivity index (χ2v) is 10.9. The highest BCUT2D eigenvalue weighted by Gasteiger charge is 2.53. The second kappa shape index (κ2) is 8.84. The number of rotatable bonds is 5. The fourth-order valence-corrected chi connectivity index (χ4v) is 5.70. The number of aliphatic hydroxyl groups is 1. The topological polar surface area (TPSA) is 50.9 Å². The average Bonchev–Trinajstić information content (AvgIpc) is 3.15. The normalized spacial score (nSPS) is 26.8. The van der Waals surface area contributed by atoms with Crippen molar-refractivity contribution in [1.29, 1.82) is 0 Å². The molecule has 1 fully saturated rings. The Kier molecular flexibility index (Phi) is 6.78.